The number of hydrogen-bond donors (Lipinski definition) is 4. The zero-order chi connectivity index (χ0) is 15.5. The van der Waals surface area contributed by atoms with Crippen LogP contribution in [0.2, 0.25) is 6.32 Å². The van der Waals surface area contributed by atoms with Gasteiger partial charge in [-0.05, 0) is 57.4 Å². The molecule has 0 bridgehead atoms. The Kier molecular flexibility index (Phi) is 5.65. The number of nitrogens with two attached hydrogens (primary N) is 1. The van der Waals surface area contributed by atoms with Crippen LogP contribution in [0.4, 0.5) is 0 Å². The van der Waals surface area contributed by atoms with Crippen LogP contribution < -0.4 is 5.73 Å². The first-order valence-electron chi connectivity index (χ1n) is 8.02. The van der Waals surface area contributed by atoms with Crippen molar-refractivity contribution >= 4 is 13.1 Å². The van der Waals surface area contributed by atoms with Gasteiger partial charge in [0, 0.05) is 12.5 Å². The van der Waals surface area contributed by atoms with Crippen molar-refractivity contribution in [2.24, 2.45) is 17.6 Å². The third-order valence-electron chi connectivity index (χ3n) is 5.19. The summed E-state index contributed by atoms with van der Waals surface area (Å²) in [6.07, 6.45) is 5.47. The zero-order valence-corrected chi connectivity index (χ0v) is 12.6. The molecule has 0 spiro atoms. The number of carboxylic acids is 1. The van der Waals surface area contributed by atoms with E-state index in [-0.39, 0.29) is 18.2 Å². The molecule has 120 valence electrons. The fourth-order valence-corrected chi connectivity index (χ4v) is 3.87. The minimum absolute atomic E-state index is 0.0107. The zero-order valence-electron chi connectivity index (χ0n) is 12.6. The van der Waals surface area contributed by atoms with Crippen LogP contribution in [-0.2, 0) is 4.79 Å². The van der Waals surface area contributed by atoms with Crippen LogP contribution in [0.25, 0.3) is 0 Å². The van der Waals surface area contributed by atoms with Crippen LogP contribution in [0, 0.1) is 11.8 Å². The first-order chi connectivity index (χ1) is 9.91. The molecule has 0 amide bonds. The summed E-state index contributed by atoms with van der Waals surface area (Å²) in [5.41, 5.74) is 5.10. The molecule has 1 heterocycles. The Bertz CT molecular complexity index is 363. The average molecular weight is 298 g/mol. The van der Waals surface area contributed by atoms with E-state index in [4.69, 9.17) is 15.8 Å². The molecule has 2 aliphatic rings. The summed E-state index contributed by atoms with van der Waals surface area (Å²) in [7, 11) is -1.32. The summed E-state index contributed by atoms with van der Waals surface area (Å²) >= 11 is 0. The number of carbonyl (C=O) groups is 1. The monoisotopic (exact) mass is 298 g/mol. The quantitative estimate of drug-likeness (QED) is 0.520. The van der Waals surface area contributed by atoms with Crippen LogP contribution in [0.1, 0.15) is 38.5 Å². The van der Waals surface area contributed by atoms with Crippen LogP contribution >= 0.6 is 0 Å². The standard InChI is InChI=1S/C14H27BN2O4/c16-14(13(18)19)9-11(5-6-15(20)21)3-4-12(14)10-17-7-1-2-8-17/h11-12,20-21H,1-10,16H2,(H,18,19)/t11-,12-,14+/m1/s1. The highest BCUT2D eigenvalue weighted by Crippen LogP contribution is 2.39. The highest BCUT2D eigenvalue weighted by atomic mass is 16.4. The first kappa shape index (κ1) is 16.7. The van der Waals surface area contributed by atoms with Gasteiger partial charge in [-0.3, -0.25) is 4.79 Å². The van der Waals surface area contributed by atoms with Crippen molar-refractivity contribution in [2.75, 3.05) is 19.6 Å². The molecule has 2 fully saturated rings. The Morgan fingerprint density at radius 3 is 2.52 bits per heavy atom. The molecule has 2 rings (SSSR count). The predicted molar refractivity (Wildman–Crippen MR) is 80.7 cm³/mol. The van der Waals surface area contributed by atoms with Gasteiger partial charge in [0.2, 0.25) is 0 Å². The number of hydrogen-bond acceptors (Lipinski definition) is 5. The van der Waals surface area contributed by atoms with Gasteiger partial charge in [0.1, 0.15) is 5.54 Å². The summed E-state index contributed by atoms with van der Waals surface area (Å²) < 4.78 is 0. The molecule has 0 aromatic rings. The number of likely N-dealkylation sites (tertiary alicyclic amines) is 1. The Morgan fingerprint density at radius 1 is 1.29 bits per heavy atom. The fraction of sp³-hybridized carbons (Fsp3) is 0.929. The molecule has 5 N–H and O–H groups in total. The Hall–Kier alpha value is -0.625. The van der Waals surface area contributed by atoms with Crippen molar-refractivity contribution in [1.29, 1.82) is 0 Å². The summed E-state index contributed by atoms with van der Waals surface area (Å²) in [5, 5.41) is 27.5. The second-order valence-electron chi connectivity index (χ2n) is 6.76. The Labute approximate surface area is 126 Å². The molecule has 3 atom stereocenters. The third-order valence-corrected chi connectivity index (χ3v) is 5.19. The van der Waals surface area contributed by atoms with Gasteiger partial charge in [0.15, 0.2) is 0 Å². The lowest BCUT2D eigenvalue weighted by molar-refractivity contribution is -0.148. The second kappa shape index (κ2) is 7.09. The summed E-state index contributed by atoms with van der Waals surface area (Å²) in [4.78, 5) is 14.0. The van der Waals surface area contributed by atoms with Gasteiger partial charge in [-0.1, -0.05) is 6.42 Å². The molecule has 7 heteroatoms. The average Bonchev–Trinajstić information content (AvgIpc) is 2.92. The highest BCUT2D eigenvalue weighted by Gasteiger charge is 2.47. The molecule has 0 aromatic heterocycles. The largest absolute Gasteiger partial charge is 0.480 e. The number of aliphatic carboxylic acids is 1. The van der Waals surface area contributed by atoms with Crippen molar-refractivity contribution in [1.82, 2.24) is 4.90 Å². The minimum atomic E-state index is -1.32. The number of rotatable bonds is 6. The summed E-state index contributed by atoms with van der Waals surface area (Å²) in [6, 6.07) is 0. The van der Waals surface area contributed by atoms with E-state index in [9.17, 15) is 9.90 Å². The summed E-state index contributed by atoms with van der Waals surface area (Å²) in [5.74, 6) is -0.757. The molecule has 21 heavy (non-hydrogen) atoms. The van der Waals surface area contributed by atoms with Crippen LogP contribution in [0.5, 0.6) is 0 Å². The second-order valence-corrected chi connectivity index (χ2v) is 6.76. The third kappa shape index (κ3) is 4.19. The maximum absolute atomic E-state index is 11.7. The minimum Gasteiger partial charge on any atom is -0.480 e. The van der Waals surface area contributed by atoms with E-state index in [2.05, 4.69) is 4.90 Å². The number of carboxylic acid groups (broad SMARTS) is 1. The smallest absolute Gasteiger partial charge is 0.451 e. The fourth-order valence-electron chi connectivity index (χ4n) is 3.87. The lowest BCUT2D eigenvalue weighted by Crippen LogP contribution is -2.59. The van der Waals surface area contributed by atoms with Crippen LogP contribution in [0.3, 0.4) is 0 Å². The van der Waals surface area contributed by atoms with E-state index >= 15 is 0 Å². The maximum Gasteiger partial charge on any atom is 0.451 e. The molecule has 0 aromatic carbocycles. The molecule has 0 unspecified atom stereocenters. The first-order valence-corrected chi connectivity index (χ1v) is 8.02. The molecule has 0 radical (unpaired) electrons. The molecular formula is C14H27BN2O4. The van der Waals surface area contributed by atoms with E-state index in [1.165, 1.54) is 12.8 Å². The van der Waals surface area contributed by atoms with E-state index < -0.39 is 18.6 Å². The normalized spacial score (nSPS) is 34.0. The summed E-state index contributed by atoms with van der Waals surface area (Å²) in [6.45, 7) is 2.87. The van der Waals surface area contributed by atoms with E-state index in [0.29, 0.717) is 12.8 Å². The molecule has 1 aliphatic carbocycles. The van der Waals surface area contributed by atoms with E-state index in [1.54, 1.807) is 0 Å². The van der Waals surface area contributed by atoms with Gasteiger partial charge < -0.3 is 25.8 Å². The molecule has 6 nitrogen and oxygen atoms in total. The lowest BCUT2D eigenvalue weighted by atomic mass is 9.66. The van der Waals surface area contributed by atoms with Gasteiger partial charge in [-0.2, -0.15) is 0 Å². The molecule has 1 saturated heterocycles. The van der Waals surface area contributed by atoms with Crippen LogP contribution in [-0.4, -0.2) is 58.3 Å². The van der Waals surface area contributed by atoms with Gasteiger partial charge in [0.05, 0.1) is 0 Å². The van der Waals surface area contributed by atoms with Crippen molar-refractivity contribution in [3.8, 4) is 0 Å². The van der Waals surface area contributed by atoms with E-state index in [1.807, 2.05) is 0 Å². The van der Waals surface area contributed by atoms with E-state index in [0.717, 1.165) is 32.5 Å². The number of nitrogens with zero attached hydrogens (tertiary/aromatic N) is 1. The van der Waals surface area contributed by atoms with Crippen molar-refractivity contribution in [2.45, 2.75) is 50.4 Å². The lowest BCUT2D eigenvalue weighted by Gasteiger charge is -2.43. The molecular weight excluding hydrogens is 271 g/mol. The van der Waals surface area contributed by atoms with Gasteiger partial charge in [-0.25, -0.2) is 0 Å². The van der Waals surface area contributed by atoms with Crippen molar-refractivity contribution in [3.63, 3.8) is 0 Å². The predicted octanol–water partition coefficient (Wildman–Crippen LogP) is 0.143. The maximum atomic E-state index is 11.7. The highest BCUT2D eigenvalue weighted by molar-refractivity contribution is 6.40. The van der Waals surface area contributed by atoms with Crippen LogP contribution in [0.15, 0.2) is 0 Å². The Morgan fingerprint density at radius 2 is 1.95 bits per heavy atom. The van der Waals surface area contributed by atoms with Gasteiger partial charge in [0.25, 0.3) is 0 Å². The SMILES string of the molecule is N[C@@]1(C(=O)O)C[C@@H](CCB(O)O)CC[C@@H]1CN1CCCC1. The van der Waals surface area contributed by atoms with Gasteiger partial charge in [-0.15, -0.1) is 0 Å². The van der Waals surface area contributed by atoms with Crippen molar-refractivity contribution < 1.29 is 19.9 Å². The topological polar surface area (TPSA) is 107 Å². The molecule has 1 aliphatic heterocycles. The Balaban J connectivity index is 1.97. The van der Waals surface area contributed by atoms with Gasteiger partial charge >= 0.3 is 13.1 Å². The van der Waals surface area contributed by atoms with Crippen molar-refractivity contribution in [3.05, 3.63) is 0 Å². The molecule has 1 saturated carbocycles.